The Morgan fingerprint density at radius 2 is 1.76 bits per heavy atom. The van der Waals surface area contributed by atoms with Crippen molar-refractivity contribution in [1.29, 1.82) is 0 Å². The van der Waals surface area contributed by atoms with Crippen LogP contribution in [0.15, 0.2) is 18.2 Å². The number of benzene rings is 1. The Hall–Kier alpha value is -1.65. The number of carbonyl (C=O) groups is 1. The van der Waals surface area contributed by atoms with E-state index in [1.54, 1.807) is 4.90 Å². The second-order valence-electron chi connectivity index (χ2n) is 5.18. The Morgan fingerprint density at radius 1 is 1.19 bits per heavy atom. The molecule has 0 fully saturated rings. The van der Waals surface area contributed by atoms with Crippen molar-refractivity contribution < 1.29 is 18.3 Å². The molecule has 2 atom stereocenters. The van der Waals surface area contributed by atoms with Gasteiger partial charge in [0, 0.05) is 18.2 Å². The first-order valence-corrected chi connectivity index (χ1v) is 7.29. The predicted molar refractivity (Wildman–Crippen MR) is 78.2 cm³/mol. The molecule has 1 aromatic carbocycles. The van der Waals surface area contributed by atoms with Gasteiger partial charge in [-0.25, -0.2) is 8.78 Å². The molecule has 0 N–H and O–H groups in total. The molecular weight excluding hydrogens is 276 g/mol. The van der Waals surface area contributed by atoms with Crippen LogP contribution in [-0.4, -0.2) is 29.5 Å². The van der Waals surface area contributed by atoms with E-state index in [2.05, 4.69) is 0 Å². The molecule has 0 aliphatic rings. The Morgan fingerprint density at radius 3 is 2.24 bits per heavy atom. The van der Waals surface area contributed by atoms with Gasteiger partial charge in [0.2, 0.25) is 0 Å². The van der Waals surface area contributed by atoms with E-state index in [1.165, 1.54) is 6.07 Å². The van der Waals surface area contributed by atoms with Gasteiger partial charge >= 0.3 is 0 Å². The normalized spacial score (nSPS) is 13.6. The van der Waals surface area contributed by atoms with Crippen LogP contribution in [0, 0.1) is 11.6 Å². The molecular formula is C16H23F2NO2. The first-order valence-electron chi connectivity index (χ1n) is 7.29. The molecule has 3 nitrogen and oxygen atoms in total. The molecule has 0 saturated carbocycles. The largest absolute Gasteiger partial charge is 0.481 e. The zero-order chi connectivity index (χ0) is 16.0. The molecule has 0 spiro atoms. The van der Waals surface area contributed by atoms with Crippen LogP contribution in [0.4, 0.5) is 8.78 Å². The summed E-state index contributed by atoms with van der Waals surface area (Å²) in [5, 5.41) is 0. The maximum absolute atomic E-state index is 13.5. The Labute approximate surface area is 124 Å². The molecule has 1 aromatic rings. The molecule has 0 radical (unpaired) electrons. The molecule has 0 aliphatic carbocycles. The van der Waals surface area contributed by atoms with Crippen LogP contribution in [-0.2, 0) is 4.79 Å². The van der Waals surface area contributed by atoms with Crippen molar-refractivity contribution in [2.75, 3.05) is 6.61 Å². The van der Waals surface area contributed by atoms with Crippen molar-refractivity contribution in [2.45, 2.75) is 52.6 Å². The van der Waals surface area contributed by atoms with Gasteiger partial charge < -0.3 is 9.64 Å². The highest BCUT2D eigenvalue weighted by Gasteiger charge is 2.24. The molecule has 1 rings (SSSR count). The van der Waals surface area contributed by atoms with Gasteiger partial charge in [-0.05, 0) is 38.8 Å². The third-order valence-electron chi connectivity index (χ3n) is 3.66. The Kier molecular flexibility index (Phi) is 6.59. The minimum atomic E-state index is -0.804. The standard InChI is InChI=1S/C16H23F2NO2/c1-5-11(3)19(12(4)6-2)16(20)10-21-15-8-7-13(17)9-14(15)18/h7-9,11-12H,5-6,10H2,1-4H3. The number of amides is 1. The van der Waals surface area contributed by atoms with E-state index in [-0.39, 0.29) is 30.3 Å². The number of carbonyl (C=O) groups excluding carboxylic acids is 1. The predicted octanol–water partition coefficient (Wildman–Crippen LogP) is 3.77. The van der Waals surface area contributed by atoms with Crippen molar-refractivity contribution in [2.24, 2.45) is 0 Å². The molecule has 0 bridgehead atoms. The highest BCUT2D eigenvalue weighted by Crippen LogP contribution is 2.18. The first kappa shape index (κ1) is 17.4. The van der Waals surface area contributed by atoms with Crippen LogP contribution in [0.2, 0.25) is 0 Å². The number of ether oxygens (including phenoxy) is 1. The molecule has 2 unspecified atom stereocenters. The van der Waals surface area contributed by atoms with Crippen LogP contribution in [0.25, 0.3) is 0 Å². The van der Waals surface area contributed by atoms with E-state index >= 15 is 0 Å². The zero-order valence-electron chi connectivity index (χ0n) is 13.0. The fourth-order valence-corrected chi connectivity index (χ4v) is 2.13. The second-order valence-corrected chi connectivity index (χ2v) is 5.18. The van der Waals surface area contributed by atoms with Crippen molar-refractivity contribution in [3.8, 4) is 5.75 Å². The van der Waals surface area contributed by atoms with Gasteiger partial charge in [0.25, 0.3) is 5.91 Å². The van der Waals surface area contributed by atoms with Crippen LogP contribution in [0.3, 0.4) is 0 Å². The van der Waals surface area contributed by atoms with Crippen molar-refractivity contribution in [3.63, 3.8) is 0 Å². The highest BCUT2D eigenvalue weighted by molar-refractivity contribution is 5.78. The highest BCUT2D eigenvalue weighted by atomic mass is 19.1. The molecule has 0 aromatic heterocycles. The number of nitrogens with zero attached hydrogens (tertiary/aromatic N) is 1. The lowest BCUT2D eigenvalue weighted by Crippen LogP contribution is -2.46. The smallest absolute Gasteiger partial charge is 0.260 e. The summed E-state index contributed by atoms with van der Waals surface area (Å²) < 4.78 is 31.5. The van der Waals surface area contributed by atoms with E-state index in [0.29, 0.717) is 0 Å². The minimum absolute atomic E-state index is 0.0918. The van der Waals surface area contributed by atoms with E-state index < -0.39 is 11.6 Å². The van der Waals surface area contributed by atoms with E-state index in [0.717, 1.165) is 25.0 Å². The van der Waals surface area contributed by atoms with Crippen molar-refractivity contribution in [1.82, 2.24) is 4.90 Å². The summed E-state index contributed by atoms with van der Waals surface area (Å²) in [6.45, 7) is 7.71. The third kappa shape index (κ3) is 4.69. The molecule has 0 heterocycles. The van der Waals surface area contributed by atoms with Crippen LogP contribution < -0.4 is 4.74 Å². The van der Waals surface area contributed by atoms with Crippen molar-refractivity contribution >= 4 is 5.91 Å². The van der Waals surface area contributed by atoms with Gasteiger partial charge in [-0.15, -0.1) is 0 Å². The number of hydrogen-bond donors (Lipinski definition) is 0. The third-order valence-corrected chi connectivity index (χ3v) is 3.66. The molecule has 21 heavy (non-hydrogen) atoms. The van der Waals surface area contributed by atoms with Crippen LogP contribution in [0.1, 0.15) is 40.5 Å². The average molecular weight is 299 g/mol. The van der Waals surface area contributed by atoms with Gasteiger partial charge in [-0.1, -0.05) is 13.8 Å². The lowest BCUT2D eigenvalue weighted by molar-refractivity contribution is -0.138. The van der Waals surface area contributed by atoms with Crippen LogP contribution in [0.5, 0.6) is 5.75 Å². The average Bonchev–Trinajstić information content (AvgIpc) is 2.46. The van der Waals surface area contributed by atoms with Crippen LogP contribution >= 0.6 is 0 Å². The SMILES string of the molecule is CCC(C)N(C(=O)COc1ccc(F)cc1F)C(C)CC. The maximum Gasteiger partial charge on any atom is 0.260 e. The molecule has 0 saturated heterocycles. The van der Waals surface area contributed by atoms with Gasteiger partial charge in [0.05, 0.1) is 0 Å². The molecule has 1 amide bonds. The summed E-state index contributed by atoms with van der Waals surface area (Å²) in [7, 11) is 0. The maximum atomic E-state index is 13.5. The van der Waals surface area contributed by atoms with E-state index in [4.69, 9.17) is 4.74 Å². The zero-order valence-corrected chi connectivity index (χ0v) is 13.0. The lowest BCUT2D eigenvalue weighted by Gasteiger charge is -2.33. The van der Waals surface area contributed by atoms with Gasteiger partial charge in [0.1, 0.15) is 5.82 Å². The summed E-state index contributed by atoms with van der Waals surface area (Å²) in [6.07, 6.45) is 1.67. The lowest BCUT2D eigenvalue weighted by atomic mass is 10.1. The summed E-state index contributed by atoms with van der Waals surface area (Å²) in [5.74, 6) is -1.78. The summed E-state index contributed by atoms with van der Waals surface area (Å²) in [5.41, 5.74) is 0. The summed E-state index contributed by atoms with van der Waals surface area (Å²) in [6, 6.07) is 3.21. The Bertz CT molecular complexity index is 469. The topological polar surface area (TPSA) is 29.5 Å². The molecule has 118 valence electrons. The fourth-order valence-electron chi connectivity index (χ4n) is 2.13. The van der Waals surface area contributed by atoms with Gasteiger partial charge in [-0.3, -0.25) is 4.79 Å². The van der Waals surface area contributed by atoms with E-state index in [9.17, 15) is 13.6 Å². The number of halogens is 2. The van der Waals surface area contributed by atoms with Crippen molar-refractivity contribution in [3.05, 3.63) is 29.8 Å². The summed E-state index contributed by atoms with van der Waals surface area (Å²) >= 11 is 0. The molecule has 0 aliphatic heterocycles. The quantitative estimate of drug-likeness (QED) is 0.767. The fraction of sp³-hybridized carbons (Fsp3) is 0.562. The first-order chi connectivity index (χ1) is 9.90. The number of hydrogen-bond acceptors (Lipinski definition) is 2. The van der Waals surface area contributed by atoms with Gasteiger partial charge in [0.15, 0.2) is 18.2 Å². The monoisotopic (exact) mass is 299 g/mol. The number of rotatable bonds is 7. The molecule has 5 heteroatoms. The minimum Gasteiger partial charge on any atom is -0.481 e. The van der Waals surface area contributed by atoms with Gasteiger partial charge in [-0.2, -0.15) is 0 Å². The summed E-state index contributed by atoms with van der Waals surface area (Å²) in [4.78, 5) is 14.1. The van der Waals surface area contributed by atoms with E-state index in [1.807, 2.05) is 27.7 Å². The Balaban J connectivity index is 2.73. The second kappa shape index (κ2) is 7.96.